The number of rotatable bonds is 0. The summed E-state index contributed by atoms with van der Waals surface area (Å²) >= 11 is 12.3. The van der Waals surface area contributed by atoms with Gasteiger partial charge in [0, 0.05) is 0 Å². The number of aromatic nitrogens is 2. The van der Waals surface area contributed by atoms with Crippen LogP contribution < -0.4 is 0 Å². The van der Waals surface area contributed by atoms with Gasteiger partial charge in [-0.25, -0.2) is 14.4 Å². The molecular weight excluding hydrogens is 222 g/mol. The first kappa shape index (κ1) is 8.16. The van der Waals surface area contributed by atoms with E-state index in [1.807, 2.05) is 0 Å². The molecule has 2 rings (SSSR count). The summed E-state index contributed by atoms with van der Waals surface area (Å²) in [6, 6.07) is 0. The van der Waals surface area contributed by atoms with E-state index < -0.39 is 5.82 Å². The molecule has 0 spiro atoms. The lowest BCUT2D eigenvalue weighted by atomic mass is 10.4. The summed E-state index contributed by atoms with van der Waals surface area (Å²) < 4.78 is 13.6. The molecule has 2 aromatic rings. The van der Waals surface area contributed by atoms with Crippen LogP contribution in [-0.4, -0.2) is 9.97 Å². The summed E-state index contributed by atoms with van der Waals surface area (Å²) in [6.45, 7) is 0. The standard InChI is InChI=1S/C6HCl2FN2S/c7-5-3-4(2(9)1-10-5)12-6(8)11-3/h1H. The van der Waals surface area contributed by atoms with Gasteiger partial charge in [-0.3, -0.25) is 0 Å². The molecule has 0 radical (unpaired) electrons. The molecule has 6 heteroatoms. The molecule has 0 fully saturated rings. The molecule has 0 saturated heterocycles. The predicted molar refractivity (Wildman–Crippen MR) is 47.4 cm³/mol. The summed E-state index contributed by atoms with van der Waals surface area (Å²) in [5.74, 6) is -0.446. The van der Waals surface area contributed by atoms with E-state index in [9.17, 15) is 4.39 Å². The summed E-state index contributed by atoms with van der Waals surface area (Å²) in [5, 5.41) is 0.176. The monoisotopic (exact) mass is 222 g/mol. The van der Waals surface area contributed by atoms with Crippen molar-refractivity contribution < 1.29 is 4.39 Å². The smallest absolute Gasteiger partial charge is 0.184 e. The average molecular weight is 223 g/mol. The van der Waals surface area contributed by atoms with Gasteiger partial charge in [-0.2, -0.15) is 0 Å². The summed E-state index contributed by atoms with van der Waals surface area (Å²) in [6.07, 6.45) is 1.05. The summed E-state index contributed by atoms with van der Waals surface area (Å²) in [5.41, 5.74) is 0.326. The Hall–Kier alpha value is -0.450. The summed E-state index contributed by atoms with van der Waals surface area (Å²) in [7, 11) is 0. The zero-order valence-corrected chi connectivity index (χ0v) is 7.84. The van der Waals surface area contributed by atoms with E-state index >= 15 is 0 Å². The van der Waals surface area contributed by atoms with E-state index in [0.29, 0.717) is 10.2 Å². The molecule has 2 nitrogen and oxygen atoms in total. The molecule has 0 aliphatic heterocycles. The lowest BCUT2D eigenvalue weighted by molar-refractivity contribution is 0.635. The van der Waals surface area contributed by atoms with Crippen LogP contribution in [0.25, 0.3) is 10.2 Å². The second-order valence-corrected chi connectivity index (χ2v) is 3.98. The number of hydrogen-bond acceptors (Lipinski definition) is 3. The zero-order chi connectivity index (χ0) is 8.72. The van der Waals surface area contributed by atoms with E-state index in [0.717, 1.165) is 17.5 Å². The van der Waals surface area contributed by atoms with Crippen LogP contribution >= 0.6 is 34.5 Å². The average Bonchev–Trinajstić information content (AvgIpc) is 2.41. The maximum Gasteiger partial charge on any atom is 0.184 e. The van der Waals surface area contributed by atoms with Gasteiger partial charge in [0.25, 0.3) is 0 Å². The SMILES string of the molecule is Fc1cnc(Cl)c2nc(Cl)sc12. The van der Waals surface area contributed by atoms with Crippen molar-refractivity contribution in [1.29, 1.82) is 0 Å². The van der Waals surface area contributed by atoms with Gasteiger partial charge >= 0.3 is 0 Å². The third kappa shape index (κ3) is 1.16. The second kappa shape index (κ2) is 2.80. The minimum atomic E-state index is -0.446. The van der Waals surface area contributed by atoms with Gasteiger partial charge in [-0.05, 0) is 0 Å². The lowest BCUT2D eigenvalue weighted by Crippen LogP contribution is -1.80. The van der Waals surface area contributed by atoms with E-state index in [1.54, 1.807) is 0 Å². The zero-order valence-electron chi connectivity index (χ0n) is 5.51. The number of hydrogen-bond donors (Lipinski definition) is 0. The number of thiazole rings is 1. The number of halogens is 3. The molecular formula is C6HCl2FN2S. The third-order valence-electron chi connectivity index (χ3n) is 1.30. The van der Waals surface area contributed by atoms with E-state index in [-0.39, 0.29) is 9.62 Å². The van der Waals surface area contributed by atoms with Crippen LogP contribution in [0, 0.1) is 5.82 Å². The van der Waals surface area contributed by atoms with Crippen LogP contribution in [0.1, 0.15) is 0 Å². The van der Waals surface area contributed by atoms with Gasteiger partial charge in [0.2, 0.25) is 0 Å². The highest BCUT2D eigenvalue weighted by Crippen LogP contribution is 2.30. The third-order valence-corrected chi connectivity index (χ3v) is 2.75. The van der Waals surface area contributed by atoms with Crippen LogP contribution in [0.2, 0.25) is 9.62 Å². The van der Waals surface area contributed by atoms with Crippen LogP contribution in [0.3, 0.4) is 0 Å². The van der Waals surface area contributed by atoms with Crippen molar-refractivity contribution in [3.05, 3.63) is 21.6 Å². The molecule has 0 saturated carbocycles. The first-order valence-electron chi connectivity index (χ1n) is 2.94. The second-order valence-electron chi connectivity index (χ2n) is 2.04. The maximum absolute atomic E-state index is 13.0. The van der Waals surface area contributed by atoms with Crippen molar-refractivity contribution in [1.82, 2.24) is 9.97 Å². The molecule has 0 aliphatic carbocycles. The molecule has 0 N–H and O–H groups in total. The van der Waals surface area contributed by atoms with Crippen LogP contribution in [-0.2, 0) is 0 Å². The van der Waals surface area contributed by atoms with Crippen molar-refractivity contribution in [2.45, 2.75) is 0 Å². The Morgan fingerprint density at radius 3 is 2.83 bits per heavy atom. The van der Waals surface area contributed by atoms with E-state index in [4.69, 9.17) is 23.2 Å². The van der Waals surface area contributed by atoms with E-state index in [2.05, 4.69) is 9.97 Å². The number of nitrogens with zero attached hydrogens (tertiary/aromatic N) is 2. The van der Waals surface area contributed by atoms with Gasteiger partial charge in [-0.15, -0.1) is 0 Å². The van der Waals surface area contributed by atoms with Crippen molar-refractivity contribution in [2.24, 2.45) is 0 Å². The molecule has 62 valence electrons. The first-order chi connectivity index (χ1) is 5.68. The van der Waals surface area contributed by atoms with Crippen LogP contribution in [0.15, 0.2) is 6.20 Å². The molecule has 0 atom stereocenters. The largest absolute Gasteiger partial charge is 0.239 e. The quantitative estimate of drug-likeness (QED) is 0.641. The Bertz CT molecular complexity index is 403. The van der Waals surface area contributed by atoms with Crippen molar-refractivity contribution in [3.8, 4) is 0 Å². The minimum Gasteiger partial charge on any atom is -0.239 e. The Kier molecular flexibility index (Phi) is 1.90. The summed E-state index contributed by atoms with van der Waals surface area (Å²) in [4.78, 5) is 7.42. The Labute approximate surface area is 81.0 Å². The molecule has 0 aromatic carbocycles. The van der Waals surface area contributed by atoms with Gasteiger partial charge in [0.15, 0.2) is 15.4 Å². The van der Waals surface area contributed by atoms with Crippen LogP contribution in [0.5, 0.6) is 0 Å². The van der Waals surface area contributed by atoms with Gasteiger partial charge in [0.1, 0.15) is 5.52 Å². The molecule has 2 heterocycles. The number of fused-ring (bicyclic) bond motifs is 1. The Morgan fingerprint density at radius 1 is 1.42 bits per heavy atom. The molecule has 2 aromatic heterocycles. The Morgan fingerprint density at radius 2 is 2.17 bits per heavy atom. The molecule has 0 amide bonds. The first-order valence-corrected chi connectivity index (χ1v) is 4.52. The Balaban J connectivity index is 2.93. The highest BCUT2D eigenvalue weighted by molar-refractivity contribution is 7.22. The predicted octanol–water partition coefficient (Wildman–Crippen LogP) is 3.14. The highest BCUT2D eigenvalue weighted by atomic mass is 35.5. The number of pyridine rings is 1. The topological polar surface area (TPSA) is 25.8 Å². The van der Waals surface area contributed by atoms with Gasteiger partial charge in [0.05, 0.1) is 10.9 Å². The van der Waals surface area contributed by atoms with E-state index in [1.165, 1.54) is 0 Å². The highest BCUT2D eigenvalue weighted by Gasteiger charge is 2.10. The maximum atomic E-state index is 13.0. The molecule has 12 heavy (non-hydrogen) atoms. The van der Waals surface area contributed by atoms with Crippen molar-refractivity contribution >= 4 is 44.8 Å². The molecule has 0 bridgehead atoms. The molecule has 0 unspecified atom stereocenters. The van der Waals surface area contributed by atoms with Crippen LogP contribution in [0.4, 0.5) is 4.39 Å². The fraction of sp³-hybridized carbons (Fsp3) is 0. The van der Waals surface area contributed by atoms with Crippen molar-refractivity contribution in [2.75, 3.05) is 0 Å². The minimum absolute atomic E-state index is 0.176. The normalized spacial score (nSPS) is 10.9. The van der Waals surface area contributed by atoms with Gasteiger partial charge < -0.3 is 0 Å². The fourth-order valence-corrected chi connectivity index (χ4v) is 2.08. The molecule has 0 aliphatic rings. The lowest BCUT2D eigenvalue weighted by Gasteiger charge is -1.90. The van der Waals surface area contributed by atoms with Gasteiger partial charge in [-0.1, -0.05) is 34.5 Å². The fourth-order valence-electron chi connectivity index (χ4n) is 0.829. The van der Waals surface area contributed by atoms with Crippen molar-refractivity contribution in [3.63, 3.8) is 0 Å².